The van der Waals surface area contributed by atoms with Crippen LogP contribution in [-0.4, -0.2) is 29.5 Å². The van der Waals surface area contributed by atoms with E-state index in [1.54, 1.807) is 23.6 Å². The number of nitrogens with zero attached hydrogens (tertiary/aromatic N) is 3. The summed E-state index contributed by atoms with van der Waals surface area (Å²) in [4.78, 5) is 16.4. The van der Waals surface area contributed by atoms with Gasteiger partial charge in [-0.1, -0.05) is 36.5 Å². The van der Waals surface area contributed by atoms with Crippen LogP contribution >= 0.6 is 22.7 Å². The maximum absolute atomic E-state index is 12.3. The average Bonchev–Trinajstić information content (AvgIpc) is 3.25. The predicted molar refractivity (Wildman–Crippen MR) is 106 cm³/mol. The molecule has 142 valence electrons. The molecule has 0 saturated carbocycles. The first-order valence-corrected chi connectivity index (χ1v) is 11.3. The van der Waals surface area contributed by atoms with Crippen LogP contribution in [0.15, 0.2) is 40.6 Å². The van der Waals surface area contributed by atoms with Crippen LogP contribution in [-0.2, 0) is 27.7 Å². The number of anilines is 2. The van der Waals surface area contributed by atoms with Crippen LogP contribution in [0.3, 0.4) is 0 Å². The van der Waals surface area contributed by atoms with E-state index in [2.05, 4.69) is 25.2 Å². The molecule has 3 rings (SSSR count). The molecule has 0 aliphatic heterocycles. The van der Waals surface area contributed by atoms with Crippen molar-refractivity contribution < 1.29 is 13.2 Å². The fourth-order valence-corrected chi connectivity index (χ4v) is 5.00. The van der Waals surface area contributed by atoms with Crippen molar-refractivity contribution in [1.82, 2.24) is 15.2 Å². The fourth-order valence-electron chi connectivity index (χ4n) is 2.16. The Morgan fingerprint density at radius 1 is 1.15 bits per heavy atom. The van der Waals surface area contributed by atoms with Gasteiger partial charge in [0.25, 0.3) is 10.0 Å². The molecule has 11 heteroatoms. The van der Waals surface area contributed by atoms with Gasteiger partial charge in [0.05, 0.1) is 17.0 Å². The van der Waals surface area contributed by atoms with Gasteiger partial charge in [-0.15, -0.1) is 21.5 Å². The third-order valence-electron chi connectivity index (χ3n) is 3.35. The minimum atomic E-state index is -3.70. The SMILES string of the molecule is CCCc1nnc(NC(=O)Cc2csc(NS(=O)(=O)c3ccccc3)n2)s1. The lowest BCUT2D eigenvalue weighted by molar-refractivity contribution is -0.115. The van der Waals surface area contributed by atoms with Crippen LogP contribution in [0.1, 0.15) is 24.0 Å². The lowest BCUT2D eigenvalue weighted by Gasteiger charge is -2.04. The number of nitrogens with one attached hydrogen (secondary N) is 2. The highest BCUT2D eigenvalue weighted by atomic mass is 32.2. The number of aryl methyl sites for hydroxylation is 1. The number of amides is 1. The molecule has 3 aromatic rings. The second kappa shape index (κ2) is 8.55. The topological polar surface area (TPSA) is 114 Å². The van der Waals surface area contributed by atoms with E-state index in [1.807, 2.05) is 6.92 Å². The molecule has 2 aromatic heterocycles. The van der Waals surface area contributed by atoms with Gasteiger partial charge in [0.2, 0.25) is 11.0 Å². The Labute approximate surface area is 164 Å². The Bertz CT molecular complexity index is 1010. The lowest BCUT2D eigenvalue weighted by Crippen LogP contribution is -2.15. The molecular weight excluding hydrogens is 406 g/mol. The molecule has 1 aromatic carbocycles. The Hall–Kier alpha value is -2.37. The van der Waals surface area contributed by atoms with Crippen LogP contribution in [0.4, 0.5) is 10.3 Å². The van der Waals surface area contributed by atoms with E-state index >= 15 is 0 Å². The maximum atomic E-state index is 12.3. The van der Waals surface area contributed by atoms with Crippen molar-refractivity contribution in [2.45, 2.75) is 31.1 Å². The van der Waals surface area contributed by atoms with Crippen molar-refractivity contribution in [3.05, 3.63) is 46.4 Å². The number of hydrogen-bond donors (Lipinski definition) is 2. The Morgan fingerprint density at radius 3 is 2.67 bits per heavy atom. The molecule has 0 bridgehead atoms. The molecule has 0 atom stereocenters. The van der Waals surface area contributed by atoms with Gasteiger partial charge in [-0.05, 0) is 18.6 Å². The van der Waals surface area contributed by atoms with Crippen molar-refractivity contribution in [3.8, 4) is 0 Å². The summed E-state index contributed by atoms with van der Waals surface area (Å²) < 4.78 is 27.0. The molecule has 1 amide bonds. The standard InChI is InChI=1S/C16H17N5O3S3/c1-2-6-14-19-20-15(26-14)18-13(22)9-11-10-25-16(17-11)21-27(23,24)12-7-4-3-5-8-12/h3-5,7-8,10H,2,6,9H2,1H3,(H,17,21)(H,18,20,22). The van der Waals surface area contributed by atoms with Crippen LogP contribution < -0.4 is 10.0 Å². The molecule has 0 aliphatic carbocycles. The van der Waals surface area contributed by atoms with E-state index in [4.69, 9.17) is 0 Å². The number of carbonyl (C=O) groups excluding carboxylic acids is 1. The zero-order valence-corrected chi connectivity index (χ0v) is 16.8. The van der Waals surface area contributed by atoms with E-state index in [-0.39, 0.29) is 22.4 Å². The van der Waals surface area contributed by atoms with Gasteiger partial charge < -0.3 is 5.32 Å². The van der Waals surface area contributed by atoms with Gasteiger partial charge in [-0.25, -0.2) is 13.4 Å². The molecule has 2 N–H and O–H groups in total. The highest BCUT2D eigenvalue weighted by molar-refractivity contribution is 7.93. The number of benzene rings is 1. The molecule has 2 heterocycles. The first kappa shape index (κ1) is 19.4. The van der Waals surface area contributed by atoms with E-state index in [0.29, 0.717) is 10.8 Å². The van der Waals surface area contributed by atoms with Gasteiger partial charge in [0, 0.05) is 11.8 Å². The summed E-state index contributed by atoms with van der Waals surface area (Å²) in [5, 5.41) is 13.8. The molecule has 0 unspecified atom stereocenters. The average molecular weight is 424 g/mol. The Morgan fingerprint density at radius 2 is 1.93 bits per heavy atom. The van der Waals surface area contributed by atoms with E-state index in [1.165, 1.54) is 23.5 Å². The number of rotatable bonds is 8. The second-order valence-corrected chi connectivity index (χ2v) is 9.14. The van der Waals surface area contributed by atoms with Crippen molar-refractivity contribution in [3.63, 3.8) is 0 Å². The van der Waals surface area contributed by atoms with E-state index in [0.717, 1.165) is 29.2 Å². The minimum Gasteiger partial charge on any atom is -0.300 e. The number of carbonyl (C=O) groups is 1. The van der Waals surface area contributed by atoms with Crippen LogP contribution in [0, 0.1) is 0 Å². The smallest absolute Gasteiger partial charge is 0.263 e. The largest absolute Gasteiger partial charge is 0.300 e. The lowest BCUT2D eigenvalue weighted by atomic mass is 10.3. The molecule has 27 heavy (non-hydrogen) atoms. The highest BCUT2D eigenvalue weighted by Crippen LogP contribution is 2.21. The number of hydrogen-bond acceptors (Lipinski definition) is 8. The third-order valence-corrected chi connectivity index (χ3v) is 6.53. The monoisotopic (exact) mass is 423 g/mol. The highest BCUT2D eigenvalue weighted by Gasteiger charge is 2.17. The molecule has 0 aliphatic rings. The molecule has 8 nitrogen and oxygen atoms in total. The Balaban J connectivity index is 1.59. The van der Waals surface area contributed by atoms with Crippen molar-refractivity contribution in [2.75, 3.05) is 10.0 Å². The summed E-state index contributed by atoms with van der Waals surface area (Å²) in [6, 6.07) is 8.03. The normalized spacial score (nSPS) is 11.3. The van der Waals surface area contributed by atoms with Gasteiger partial charge >= 0.3 is 0 Å². The van der Waals surface area contributed by atoms with E-state index < -0.39 is 10.0 Å². The molecule has 0 spiro atoms. The third kappa shape index (κ3) is 5.31. The van der Waals surface area contributed by atoms with Crippen molar-refractivity contribution in [2.24, 2.45) is 0 Å². The quantitative estimate of drug-likeness (QED) is 0.576. The number of aromatic nitrogens is 3. The van der Waals surface area contributed by atoms with Crippen LogP contribution in [0.2, 0.25) is 0 Å². The summed E-state index contributed by atoms with van der Waals surface area (Å²) in [7, 11) is -3.70. The second-order valence-electron chi connectivity index (χ2n) is 5.54. The van der Waals surface area contributed by atoms with Crippen LogP contribution in [0.5, 0.6) is 0 Å². The van der Waals surface area contributed by atoms with Gasteiger partial charge in [0.1, 0.15) is 5.01 Å². The van der Waals surface area contributed by atoms with Crippen LogP contribution in [0.25, 0.3) is 0 Å². The van der Waals surface area contributed by atoms with Crippen molar-refractivity contribution >= 4 is 48.9 Å². The zero-order chi connectivity index (χ0) is 19.3. The van der Waals surface area contributed by atoms with Crippen molar-refractivity contribution in [1.29, 1.82) is 0 Å². The van der Waals surface area contributed by atoms with E-state index in [9.17, 15) is 13.2 Å². The predicted octanol–water partition coefficient (Wildman–Crippen LogP) is 2.93. The summed E-state index contributed by atoms with van der Waals surface area (Å²) in [6.45, 7) is 2.05. The van der Waals surface area contributed by atoms with Gasteiger partial charge in [-0.2, -0.15) is 0 Å². The molecular formula is C16H17N5O3S3. The minimum absolute atomic E-state index is 0.0201. The maximum Gasteiger partial charge on any atom is 0.263 e. The Kier molecular flexibility index (Phi) is 6.14. The molecule has 0 radical (unpaired) electrons. The summed E-state index contributed by atoms with van der Waals surface area (Å²) in [5.74, 6) is -0.281. The first-order chi connectivity index (χ1) is 13.0. The van der Waals surface area contributed by atoms with Gasteiger partial charge in [-0.3, -0.25) is 9.52 Å². The summed E-state index contributed by atoms with van der Waals surface area (Å²) in [5.41, 5.74) is 0.474. The molecule has 0 saturated heterocycles. The van der Waals surface area contributed by atoms with Gasteiger partial charge in [0.15, 0.2) is 5.13 Å². The zero-order valence-electron chi connectivity index (χ0n) is 14.4. The number of sulfonamides is 1. The number of thiazole rings is 1. The summed E-state index contributed by atoms with van der Waals surface area (Å²) in [6.07, 6.45) is 1.81. The molecule has 0 fully saturated rings. The summed E-state index contributed by atoms with van der Waals surface area (Å²) >= 11 is 2.47. The fraction of sp³-hybridized carbons (Fsp3) is 0.250. The first-order valence-electron chi connectivity index (χ1n) is 8.11.